The summed E-state index contributed by atoms with van der Waals surface area (Å²) in [4.78, 5) is 14.7. The molecule has 0 bridgehead atoms. The molecule has 1 aromatic carbocycles. The Hall–Kier alpha value is -1.59. The van der Waals surface area contributed by atoms with E-state index in [0.717, 1.165) is 30.8 Å². The Labute approximate surface area is 139 Å². The Kier molecular flexibility index (Phi) is 6.86. The van der Waals surface area contributed by atoms with Crippen LogP contribution in [0.3, 0.4) is 0 Å². The summed E-state index contributed by atoms with van der Waals surface area (Å²) in [6.45, 7) is 7.27. The summed E-state index contributed by atoms with van der Waals surface area (Å²) >= 11 is 0. The predicted octanol–water partition coefficient (Wildman–Crippen LogP) is 1.85. The number of morpholine rings is 1. The average Bonchev–Trinajstić information content (AvgIpc) is 2.60. The molecule has 5 heteroatoms. The molecule has 0 aliphatic carbocycles. The van der Waals surface area contributed by atoms with Gasteiger partial charge in [-0.15, -0.1) is 0 Å². The van der Waals surface area contributed by atoms with Crippen molar-refractivity contribution in [1.82, 2.24) is 10.2 Å². The molecule has 2 unspecified atom stereocenters. The van der Waals surface area contributed by atoms with Crippen molar-refractivity contribution in [3.8, 4) is 5.75 Å². The number of benzene rings is 1. The summed E-state index contributed by atoms with van der Waals surface area (Å²) < 4.78 is 10.9. The quantitative estimate of drug-likeness (QED) is 0.833. The van der Waals surface area contributed by atoms with Crippen LogP contribution in [0.5, 0.6) is 5.75 Å². The summed E-state index contributed by atoms with van der Waals surface area (Å²) in [6.07, 6.45) is 1.43. The van der Waals surface area contributed by atoms with Gasteiger partial charge in [0.2, 0.25) is 5.91 Å². The van der Waals surface area contributed by atoms with Crippen molar-refractivity contribution in [2.24, 2.45) is 0 Å². The van der Waals surface area contributed by atoms with E-state index >= 15 is 0 Å². The first kappa shape index (κ1) is 17.8. The Bertz CT molecular complexity index is 484. The molecule has 1 fully saturated rings. The van der Waals surface area contributed by atoms with Crippen molar-refractivity contribution in [1.29, 1.82) is 0 Å². The van der Waals surface area contributed by atoms with Crippen LogP contribution in [-0.4, -0.2) is 56.3 Å². The molecule has 1 aliphatic heterocycles. The van der Waals surface area contributed by atoms with Gasteiger partial charge in [0.05, 0.1) is 26.2 Å². The van der Waals surface area contributed by atoms with Crippen LogP contribution in [-0.2, 0) is 16.0 Å². The Morgan fingerprint density at radius 3 is 2.74 bits per heavy atom. The van der Waals surface area contributed by atoms with Crippen LogP contribution in [0.25, 0.3) is 0 Å². The number of carbonyl (C=O) groups is 1. The van der Waals surface area contributed by atoms with Crippen molar-refractivity contribution in [3.05, 3.63) is 29.8 Å². The van der Waals surface area contributed by atoms with Gasteiger partial charge in [0.25, 0.3) is 0 Å². The minimum Gasteiger partial charge on any atom is -0.497 e. The molecule has 1 aromatic rings. The Balaban J connectivity index is 1.99. The van der Waals surface area contributed by atoms with Crippen molar-refractivity contribution in [2.75, 3.05) is 33.4 Å². The zero-order valence-electron chi connectivity index (χ0n) is 14.4. The van der Waals surface area contributed by atoms with E-state index in [4.69, 9.17) is 9.47 Å². The first-order valence-corrected chi connectivity index (χ1v) is 8.38. The van der Waals surface area contributed by atoms with Gasteiger partial charge in [-0.25, -0.2) is 0 Å². The molecule has 2 rings (SSSR count). The molecule has 5 nitrogen and oxygen atoms in total. The predicted molar refractivity (Wildman–Crippen MR) is 90.8 cm³/mol. The van der Waals surface area contributed by atoms with E-state index in [2.05, 4.69) is 19.2 Å². The topological polar surface area (TPSA) is 50.8 Å². The maximum Gasteiger partial charge on any atom is 0.227 e. The lowest BCUT2D eigenvalue weighted by Gasteiger charge is -2.34. The van der Waals surface area contributed by atoms with Gasteiger partial charge in [-0.1, -0.05) is 19.1 Å². The highest BCUT2D eigenvalue weighted by Crippen LogP contribution is 2.15. The average molecular weight is 320 g/mol. The maximum absolute atomic E-state index is 12.8. The van der Waals surface area contributed by atoms with Gasteiger partial charge in [-0.05, 0) is 31.0 Å². The molecule has 128 valence electrons. The third-order valence-electron chi connectivity index (χ3n) is 4.36. The lowest BCUT2D eigenvalue weighted by Crippen LogP contribution is -2.49. The fourth-order valence-corrected chi connectivity index (χ4v) is 2.72. The molecule has 0 aromatic heterocycles. The summed E-state index contributed by atoms with van der Waals surface area (Å²) in [5, 5.41) is 3.32. The molecule has 23 heavy (non-hydrogen) atoms. The molecule has 0 spiro atoms. The van der Waals surface area contributed by atoms with E-state index in [1.807, 2.05) is 29.2 Å². The lowest BCUT2D eigenvalue weighted by atomic mass is 10.1. The van der Waals surface area contributed by atoms with Crippen LogP contribution in [0.2, 0.25) is 0 Å². The number of carbonyl (C=O) groups excluding carboxylic acids is 1. The number of ether oxygens (including phenoxy) is 2. The molecule has 1 aliphatic rings. The minimum absolute atomic E-state index is 0.0811. The van der Waals surface area contributed by atoms with Crippen LogP contribution < -0.4 is 10.1 Å². The third kappa shape index (κ3) is 5.22. The smallest absolute Gasteiger partial charge is 0.227 e. The fraction of sp³-hybridized carbons (Fsp3) is 0.611. The maximum atomic E-state index is 12.8. The number of amides is 1. The molecule has 1 amide bonds. The number of nitrogens with zero attached hydrogens (tertiary/aromatic N) is 1. The summed E-state index contributed by atoms with van der Waals surface area (Å²) in [5.41, 5.74) is 1.01. The van der Waals surface area contributed by atoms with Crippen LogP contribution in [0.1, 0.15) is 25.8 Å². The molecule has 1 heterocycles. The molecule has 1 saturated heterocycles. The Morgan fingerprint density at radius 1 is 1.43 bits per heavy atom. The Morgan fingerprint density at radius 2 is 2.17 bits per heavy atom. The molecule has 1 N–H and O–H groups in total. The highest BCUT2D eigenvalue weighted by Gasteiger charge is 2.24. The summed E-state index contributed by atoms with van der Waals surface area (Å²) in [5.74, 6) is 0.959. The van der Waals surface area contributed by atoms with Crippen molar-refractivity contribution >= 4 is 5.91 Å². The molecule has 2 atom stereocenters. The number of nitrogens with one attached hydrogen (secondary N) is 1. The lowest BCUT2D eigenvalue weighted by molar-refractivity contribution is -0.135. The third-order valence-corrected chi connectivity index (χ3v) is 4.36. The van der Waals surface area contributed by atoms with E-state index in [0.29, 0.717) is 19.6 Å². The van der Waals surface area contributed by atoms with Gasteiger partial charge in [0.1, 0.15) is 5.75 Å². The van der Waals surface area contributed by atoms with Gasteiger partial charge >= 0.3 is 0 Å². The molecule has 0 radical (unpaired) electrons. The standard InChI is InChI=1S/C18H28N2O3/c1-4-14(2)20(13-17-12-19-9-10-23-17)18(21)11-15-5-7-16(22-3)8-6-15/h5-8,14,17,19H,4,9-13H2,1-3H3. The van der Waals surface area contributed by atoms with Crippen molar-refractivity contribution in [3.63, 3.8) is 0 Å². The SMILES string of the molecule is CCC(C)N(CC1CNCCO1)C(=O)Cc1ccc(OC)cc1. The first-order chi connectivity index (χ1) is 11.1. The van der Waals surface area contributed by atoms with Crippen LogP contribution in [0, 0.1) is 0 Å². The van der Waals surface area contributed by atoms with Gasteiger partial charge in [-0.3, -0.25) is 4.79 Å². The van der Waals surface area contributed by atoms with Gasteiger partial charge in [0, 0.05) is 25.7 Å². The second kappa shape index (κ2) is 8.89. The van der Waals surface area contributed by atoms with Crippen LogP contribution >= 0.6 is 0 Å². The van der Waals surface area contributed by atoms with E-state index in [1.54, 1.807) is 7.11 Å². The number of methoxy groups -OCH3 is 1. The number of rotatable bonds is 7. The fourth-order valence-electron chi connectivity index (χ4n) is 2.72. The first-order valence-electron chi connectivity index (χ1n) is 8.38. The van der Waals surface area contributed by atoms with Gasteiger partial charge in [-0.2, -0.15) is 0 Å². The van der Waals surface area contributed by atoms with E-state index < -0.39 is 0 Å². The van der Waals surface area contributed by atoms with E-state index in [1.165, 1.54) is 0 Å². The second-order valence-electron chi connectivity index (χ2n) is 6.03. The van der Waals surface area contributed by atoms with E-state index in [9.17, 15) is 4.79 Å². The van der Waals surface area contributed by atoms with Gasteiger partial charge < -0.3 is 19.7 Å². The van der Waals surface area contributed by atoms with Crippen molar-refractivity contribution < 1.29 is 14.3 Å². The van der Waals surface area contributed by atoms with Crippen LogP contribution in [0.4, 0.5) is 0 Å². The zero-order chi connectivity index (χ0) is 16.7. The molecule has 0 saturated carbocycles. The number of hydrogen-bond acceptors (Lipinski definition) is 4. The number of hydrogen-bond donors (Lipinski definition) is 1. The van der Waals surface area contributed by atoms with E-state index in [-0.39, 0.29) is 18.1 Å². The molecular formula is C18H28N2O3. The normalized spacial score (nSPS) is 19.2. The van der Waals surface area contributed by atoms with Crippen molar-refractivity contribution in [2.45, 2.75) is 38.8 Å². The second-order valence-corrected chi connectivity index (χ2v) is 6.03. The highest BCUT2D eigenvalue weighted by molar-refractivity contribution is 5.79. The largest absolute Gasteiger partial charge is 0.497 e. The van der Waals surface area contributed by atoms with Crippen LogP contribution in [0.15, 0.2) is 24.3 Å². The summed E-state index contributed by atoms with van der Waals surface area (Å²) in [6, 6.07) is 7.90. The molecular weight excluding hydrogens is 292 g/mol. The highest BCUT2D eigenvalue weighted by atomic mass is 16.5. The summed E-state index contributed by atoms with van der Waals surface area (Å²) in [7, 11) is 1.64. The monoisotopic (exact) mass is 320 g/mol. The van der Waals surface area contributed by atoms with Gasteiger partial charge in [0.15, 0.2) is 0 Å². The minimum atomic E-state index is 0.0811. The zero-order valence-corrected chi connectivity index (χ0v) is 14.4.